The maximum atomic E-state index is 11.5. The topological polar surface area (TPSA) is 12.9 Å². The molecule has 0 N–H and O–H groups in total. The minimum Gasteiger partial charge on any atom is -0.230 e. The number of rotatable bonds is 0. The highest BCUT2D eigenvalue weighted by atomic mass is 32.1. The van der Waals surface area contributed by atoms with Crippen LogP contribution in [-0.2, 0) is 6.18 Å². The summed E-state index contributed by atoms with van der Waals surface area (Å²) in [6.07, 6.45) is -2.22. The lowest BCUT2D eigenvalue weighted by Gasteiger charge is -1.97. The van der Waals surface area contributed by atoms with Gasteiger partial charge < -0.3 is 0 Å². The molecule has 0 bridgehead atoms. The van der Waals surface area contributed by atoms with Crippen molar-refractivity contribution < 1.29 is 13.2 Å². The van der Waals surface area contributed by atoms with E-state index >= 15 is 0 Å². The van der Waals surface area contributed by atoms with Gasteiger partial charge in [0.25, 0.3) is 0 Å². The Morgan fingerprint density at radius 2 is 2.22 bits per heavy atom. The molecule has 0 amide bonds. The van der Waals surface area contributed by atoms with Crippen molar-refractivity contribution in [2.45, 2.75) is 6.18 Å². The lowest BCUT2D eigenvalue weighted by atomic mass is 10.7. The first-order valence-corrected chi connectivity index (χ1v) is 2.87. The number of hydrogen-bond acceptors (Lipinski definition) is 2. The number of halogens is 3. The lowest BCUT2D eigenvalue weighted by molar-refractivity contribution is -0.137. The van der Waals surface area contributed by atoms with Crippen molar-refractivity contribution in [3.05, 3.63) is 16.6 Å². The van der Waals surface area contributed by atoms with Crippen LogP contribution in [0.15, 0.2) is 5.38 Å². The summed E-state index contributed by atoms with van der Waals surface area (Å²) < 4.78 is 34.6. The first-order chi connectivity index (χ1) is 4.11. The fourth-order valence-electron chi connectivity index (χ4n) is 0.324. The molecule has 0 aliphatic rings. The molecule has 1 rings (SSSR count). The van der Waals surface area contributed by atoms with E-state index in [9.17, 15) is 13.2 Å². The molecule has 0 saturated heterocycles. The van der Waals surface area contributed by atoms with Gasteiger partial charge in [-0.3, -0.25) is 0 Å². The second-order valence-electron chi connectivity index (χ2n) is 1.28. The summed E-state index contributed by atoms with van der Waals surface area (Å²) >= 11 is 0.538. The van der Waals surface area contributed by atoms with Crippen molar-refractivity contribution in [3.8, 4) is 0 Å². The van der Waals surface area contributed by atoms with Gasteiger partial charge in [0.15, 0.2) is 5.01 Å². The van der Waals surface area contributed by atoms with Crippen molar-refractivity contribution in [1.29, 1.82) is 0 Å². The zero-order chi connectivity index (χ0) is 6.91. The molecule has 1 nitrogen and oxygen atoms in total. The van der Waals surface area contributed by atoms with Crippen LogP contribution in [0.1, 0.15) is 5.01 Å². The Morgan fingerprint density at radius 1 is 1.56 bits per heavy atom. The molecule has 5 heteroatoms. The van der Waals surface area contributed by atoms with Crippen LogP contribution in [-0.4, -0.2) is 4.98 Å². The molecule has 0 saturated carbocycles. The van der Waals surface area contributed by atoms with Crippen LogP contribution in [0.3, 0.4) is 0 Å². The zero-order valence-corrected chi connectivity index (χ0v) is 4.88. The predicted octanol–water partition coefficient (Wildman–Crippen LogP) is 1.96. The molecule has 0 aliphatic carbocycles. The van der Waals surface area contributed by atoms with Gasteiger partial charge in [-0.05, 0) is 0 Å². The molecule has 0 fully saturated rings. The molecule has 49 valence electrons. The highest BCUT2D eigenvalue weighted by Gasteiger charge is 2.33. The Labute approximate surface area is 53.2 Å². The summed E-state index contributed by atoms with van der Waals surface area (Å²) in [6.45, 7) is 0. The van der Waals surface area contributed by atoms with Crippen LogP contribution in [0.25, 0.3) is 0 Å². The van der Waals surface area contributed by atoms with E-state index in [-0.39, 0.29) is 0 Å². The van der Waals surface area contributed by atoms with Crippen LogP contribution in [0.5, 0.6) is 0 Å². The minimum atomic E-state index is -4.30. The largest absolute Gasteiger partial charge is 0.443 e. The highest BCUT2D eigenvalue weighted by molar-refractivity contribution is 7.09. The maximum Gasteiger partial charge on any atom is 0.443 e. The van der Waals surface area contributed by atoms with E-state index in [1.54, 1.807) is 0 Å². The van der Waals surface area contributed by atoms with Crippen molar-refractivity contribution in [2.75, 3.05) is 0 Å². The first kappa shape index (κ1) is 6.54. The van der Waals surface area contributed by atoms with Gasteiger partial charge in [-0.25, -0.2) is 4.98 Å². The summed E-state index contributed by atoms with van der Waals surface area (Å²) in [5.74, 6) is 0. The van der Waals surface area contributed by atoms with Gasteiger partial charge in [0.05, 0.1) is 0 Å². The number of nitrogens with zero attached hydrogens (tertiary/aromatic N) is 1. The Morgan fingerprint density at radius 3 is 2.44 bits per heavy atom. The Balaban J connectivity index is 2.90. The third-order valence-corrected chi connectivity index (χ3v) is 1.40. The monoisotopic (exact) mass is 152 g/mol. The number of alkyl halides is 3. The van der Waals surface area contributed by atoms with Crippen molar-refractivity contribution in [3.63, 3.8) is 0 Å². The van der Waals surface area contributed by atoms with Crippen LogP contribution in [0.4, 0.5) is 13.2 Å². The molecule has 1 aromatic rings. The molecule has 0 atom stereocenters. The molecular weight excluding hydrogens is 151 g/mol. The molecule has 9 heavy (non-hydrogen) atoms. The van der Waals surface area contributed by atoms with Gasteiger partial charge in [0.2, 0.25) is 0 Å². The fourth-order valence-corrected chi connectivity index (χ4v) is 0.780. The molecule has 0 spiro atoms. The summed E-state index contributed by atoms with van der Waals surface area (Å²) in [6, 6.07) is 0. The van der Waals surface area contributed by atoms with E-state index in [1.807, 2.05) is 0 Å². The standard InChI is InChI=1S/C4HF3NS/c5-4(6,7)3-8-1-2-9-3/h2H. The van der Waals surface area contributed by atoms with E-state index in [2.05, 4.69) is 11.2 Å². The van der Waals surface area contributed by atoms with Gasteiger partial charge in [0, 0.05) is 5.38 Å². The molecule has 1 heterocycles. The normalized spacial score (nSPS) is 11.9. The fraction of sp³-hybridized carbons (Fsp3) is 0.250. The zero-order valence-electron chi connectivity index (χ0n) is 4.07. The smallest absolute Gasteiger partial charge is 0.230 e. The SMILES string of the molecule is FC(F)(F)c1n[c]cs1. The van der Waals surface area contributed by atoms with E-state index in [4.69, 9.17) is 0 Å². The molecule has 1 aromatic heterocycles. The Hall–Kier alpha value is -0.580. The van der Waals surface area contributed by atoms with Crippen LogP contribution >= 0.6 is 11.3 Å². The van der Waals surface area contributed by atoms with Crippen LogP contribution in [0.2, 0.25) is 0 Å². The van der Waals surface area contributed by atoms with E-state index in [1.165, 1.54) is 5.38 Å². The molecule has 1 radical (unpaired) electrons. The number of hydrogen-bond donors (Lipinski definition) is 0. The van der Waals surface area contributed by atoms with Crippen LogP contribution < -0.4 is 0 Å². The number of aromatic nitrogens is 1. The number of thiazole rings is 1. The summed E-state index contributed by atoms with van der Waals surface area (Å²) in [4.78, 5) is 2.96. The third-order valence-electron chi connectivity index (χ3n) is 0.632. The van der Waals surface area contributed by atoms with Crippen molar-refractivity contribution >= 4 is 11.3 Å². The Kier molecular flexibility index (Phi) is 1.44. The molecule has 0 aliphatic heterocycles. The highest BCUT2D eigenvalue weighted by Crippen LogP contribution is 2.29. The van der Waals surface area contributed by atoms with Gasteiger partial charge >= 0.3 is 6.18 Å². The van der Waals surface area contributed by atoms with E-state index in [0.717, 1.165) is 0 Å². The quantitative estimate of drug-likeness (QED) is 0.553. The van der Waals surface area contributed by atoms with Crippen LogP contribution in [0, 0.1) is 6.20 Å². The van der Waals surface area contributed by atoms with E-state index < -0.39 is 11.2 Å². The summed E-state index contributed by atoms with van der Waals surface area (Å²) in [5.41, 5.74) is 0. The van der Waals surface area contributed by atoms with Gasteiger partial charge in [0.1, 0.15) is 6.20 Å². The molecule has 0 unspecified atom stereocenters. The van der Waals surface area contributed by atoms with Gasteiger partial charge in [-0.1, -0.05) is 0 Å². The van der Waals surface area contributed by atoms with Crippen molar-refractivity contribution in [2.24, 2.45) is 0 Å². The van der Waals surface area contributed by atoms with E-state index in [0.29, 0.717) is 11.3 Å². The minimum absolute atomic E-state index is 0.538. The second kappa shape index (κ2) is 1.98. The molecule has 0 aromatic carbocycles. The molecular formula is C4HF3NS. The second-order valence-corrected chi connectivity index (χ2v) is 2.14. The Bertz CT molecular complexity index is 178. The predicted molar refractivity (Wildman–Crippen MR) is 26.0 cm³/mol. The van der Waals surface area contributed by atoms with Crippen molar-refractivity contribution in [1.82, 2.24) is 4.98 Å². The average Bonchev–Trinajstić information content (AvgIpc) is 2.08. The third kappa shape index (κ3) is 1.41. The first-order valence-electron chi connectivity index (χ1n) is 1.99. The lowest BCUT2D eigenvalue weighted by Crippen LogP contribution is -2.02. The summed E-state index contributed by atoms with van der Waals surface area (Å²) in [5, 5.41) is 0.325. The average molecular weight is 152 g/mol. The van der Waals surface area contributed by atoms with Gasteiger partial charge in [-0.15, -0.1) is 11.3 Å². The summed E-state index contributed by atoms with van der Waals surface area (Å²) in [7, 11) is 0. The van der Waals surface area contributed by atoms with Gasteiger partial charge in [-0.2, -0.15) is 13.2 Å². The maximum absolute atomic E-state index is 11.5.